The van der Waals surface area contributed by atoms with Crippen molar-refractivity contribution in [3.63, 3.8) is 0 Å². The van der Waals surface area contributed by atoms with E-state index in [4.69, 9.17) is 0 Å². The first-order valence-corrected chi connectivity index (χ1v) is 3.77. The highest BCUT2D eigenvalue weighted by Gasteiger charge is 2.05. The van der Waals surface area contributed by atoms with Crippen LogP contribution in [0.5, 0.6) is 0 Å². The van der Waals surface area contributed by atoms with Gasteiger partial charge in [0.2, 0.25) is 0 Å². The number of thioether (sulfide) groups is 1. The van der Waals surface area contributed by atoms with Crippen molar-refractivity contribution < 1.29 is 0 Å². The van der Waals surface area contributed by atoms with Gasteiger partial charge in [0.25, 0.3) is 0 Å². The van der Waals surface area contributed by atoms with Crippen LogP contribution in [0.3, 0.4) is 0 Å². The van der Waals surface area contributed by atoms with Crippen LogP contribution >= 0.6 is 11.8 Å². The highest BCUT2D eigenvalue weighted by molar-refractivity contribution is 7.99. The van der Waals surface area contributed by atoms with Crippen LogP contribution in [-0.2, 0) is 0 Å². The van der Waals surface area contributed by atoms with Crippen LogP contribution < -0.4 is 5.32 Å². The molecule has 0 aromatic carbocycles. The second kappa shape index (κ2) is 2.58. The molecule has 0 spiro atoms. The average Bonchev–Trinajstić information content (AvgIpc) is 1.69. The highest BCUT2D eigenvalue weighted by atomic mass is 32.2. The second-order valence-electron chi connectivity index (χ2n) is 1.89. The molecule has 0 aromatic rings. The molecule has 1 heterocycles. The molecule has 42 valence electrons. The molecule has 0 amide bonds. The molecule has 2 heteroatoms. The first-order valence-electron chi connectivity index (χ1n) is 2.72. The lowest BCUT2D eigenvalue weighted by molar-refractivity contribution is 0.695. The summed E-state index contributed by atoms with van der Waals surface area (Å²) >= 11 is 2.06. The van der Waals surface area contributed by atoms with Gasteiger partial charge in [0.1, 0.15) is 0 Å². The van der Waals surface area contributed by atoms with E-state index in [2.05, 4.69) is 24.0 Å². The Morgan fingerprint density at radius 1 is 1.71 bits per heavy atom. The summed E-state index contributed by atoms with van der Waals surface area (Å²) < 4.78 is 0. The maximum Gasteiger partial charge on any atom is 0.0144 e. The topological polar surface area (TPSA) is 12.0 Å². The SMILES string of the molecule is CC1CNCCS1. The summed E-state index contributed by atoms with van der Waals surface area (Å²) in [5, 5.41) is 4.16. The van der Waals surface area contributed by atoms with Crippen molar-refractivity contribution in [1.29, 1.82) is 0 Å². The maximum absolute atomic E-state index is 3.31. The lowest BCUT2D eigenvalue weighted by Crippen LogP contribution is -2.30. The third-order valence-electron chi connectivity index (χ3n) is 1.11. The molecule has 1 aliphatic rings. The quantitative estimate of drug-likeness (QED) is 0.501. The smallest absolute Gasteiger partial charge is 0.0144 e. The Morgan fingerprint density at radius 3 is 2.86 bits per heavy atom. The minimum absolute atomic E-state index is 0.841. The summed E-state index contributed by atoms with van der Waals surface area (Å²) in [5.41, 5.74) is 0. The van der Waals surface area contributed by atoms with Crippen molar-refractivity contribution in [3.05, 3.63) is 0 Å². The Labute approximate surface area is 48.9 Å². The van der Waals surface area contributed by atoms with E-state index in [0.717, 1.165) is 5.25 Å². The monoisotopic (exact) mass is 117 g/mol. The Bertz CT molecular complexity index is 50.0. The molecule has 1 aliphatic heterocycles. The van der Waals surface area contributed by atoms with Crippen LogP contribution in [0.15, 0.2) is 0 Å². The average molecular weight is 117 g/mol. The summed E-state index contributed by atoms with van der Waals surface area (Å²) in [6, 6.07) is 0. The van der Waals surface area contributed by atoms with E-state index in [9.17, 15) is 0 Å². The fraction of sp³-hybridized carbons (Fsp3) is 1.00. The molecule has 1 rings (SSSR count). The van der Waals surface area contributed by atoms with Gasteiger partial charge in [-0.05, 0) is 0 Å². The number of nitrogens with one attached hydrogen (secondary N) is 1. The molecule has 0 saturated carbocycles. The summed E-state index contributed by atoms with van der Waals surface area (Å²) in [6.45, 7) is 4.66. The zero-order valence-electron chi connectivity index (χ0n) is 4.61. The lowest BCUT2D eigenvalue weighted by Gasteiger charge is -2.17. The molecule has 7 heavy (non-hydrogen) atoms. The fourth-order valence-corrected chi connectivity index (χ4v) is 1.60. The Morgan fingerprint density at radius 2 is 2.57 bits per heavy atom. The molecule has 0 aromatic heterocycles. The van der Waals surface area contributed by atoms with Crippen LogP contribution in [0.4, 0.5) is 0 Å². The van der Waals surface area contributed by atoms with Gasteiger partial charge in [0.05, 0.1) is 0 Å². The van der Waals surface area contributed by atoms with Crippen LogP contribution in [0.25, 0.3) is 0 Å². The number of hydrogen-bond acceptors (Lipinski definition) is 2. The van der Waals surface area contributed by atoms with Crippen molar-refractivity contribution >= 4 is 11.8 Å². The Hall–Kier alpha value is 0.310. The van der Waals surface area contributed by atoms with Crippen LogP contribution in [-0.4, -0.2) is 24.1 Å². The van der Waals surface area contributed by atoms with Crippen LogP contribution in [0, 0.1) is 0 Å². The highest BCUT2D eigenvalue weighted by Crippen LogP contribution is 2.10. The van der Waals surface area contributed by atoms with Gasteiger partial charge in [-0.25, -0.2) is 0 Å². The van der Waals surface area contributed by atoms with Crippen molar-refractivity contribution in [1.82, 2.24) is 5.32 Å². The van der Waals surface area contributed by atoms with Gasteiger partial charge < -0.3 is 5.32 Å². The van der Waals surface area contributed by atoms with E-state index in [1.54, 1.807) is 0 Å². The van der Waals surface area contributed by atoms with Gasteiger partial charge in [0.15, 0.2) is 0 Å². The van der Waals surface area contributed by atoms with E-state index in [0.29, 0.717) is 0 Å². The molecule has 1 unspecified atom stereocenters. The molecule has 1 fully saturated rings. The van der Waals surface area contributed by atoms with Crippen molar-refractivity contribution in [2.45, 2.75) is 12.2 Å². The van der Waals surface area contributed by atoms with Gasteiger partial charge in [0, 0.05) is 24.1 Å². The maximum atomic E-state index is 3.31. The molecule has 1 nitrogen and oxygen atoms in total. The summed E-state index contributed by atoms with van der Waals surface area (Å²) in [4.78, 5) is 0. The van der Waals surface area contributed by atoms with E-state index in [1.165, 1.54) is 18.8 Å². The van der Waals surface area contributed by atoms with Crippen molar-refractivity contribution in [2.75, 3.05) is 18.8 Å². The van der Waals surface area contributed by atoms with Gasteiger partial charge in [-0.3, -0.25) is 0 Å². The normalized spacial score (nSPS) is 33.0. The molecule has 0 aliphatic carbocycles. The first-order chi connectivity index (χ1) is 3.39. The fourth-order valence-electron chi connectivity index (χ4n) is 0.697. The Balaban J connectivity index is 2.12. The molecule has 0 bridgehead atoms. The predicted octanol–water partition coefficient (Wildman–Crippen LogP) is 0.711. The lowest BCUT2D eigenvalue weighted by atomic mass is 10.4. The van der Waals surface area contributed by atoms with E-state index in [1.807, 2.05) is 0 Å². The summed E-state index contributed by atoms with van der Waals surface area (Å²) in [5.74, 6) is 1.29. The van der Waals surface area contributed by atoms with Crippen LogP contribution in [0.2, 0.25) is 0 Å². The zero-order chi connectivity index (χ0) is 5.11. The zero-order valence-corrected chi connectivity index (χ0v) is 5.42. The molecular formula is C5H11NS. The minimum Gasteiger partial charge on any atom is -0.315 e. The van der Waals surface area contributed by atoms with Gasteiger partial charge in [-0.1, -0.05) is 6.92 Å². The van der Waals surface area contributed by atoms with Crippen LogP contribution in [0.1, 0.15) is 6.92 Å². The molecule has 1 N–H and O–H groups in total. The number of hydrogen-bond donors (Lipinski definition) is 1. The third kappa shape index (κ3) is 1.70. The molecule has 1 atom stereocenters. The predicted molar refractivity (Wildman–Crippen MR) is 34.8 cm³/mol. The van der Waals surface area contributed by atoms with E-state index in [-0.39, 0.29) is 0 Å². The minimum atomic E-state index is 0.841. The Kier molecular flexibility index (Phi) is 2.00. The van der Waals surface area contributed by atoms with Gasteiger partial charge in [-0.2, -0.15) is 11.8 Å². The first kappa shape index (κ1) is 5.45. The third-order valence-corrected chi connectivity index (χ3v) is 2.29. The molecular weight excluding hydrogens is 106 g/mol. The summed E-state index contributed by atoms with van der Waals surface area (Å²) in [6.07, 6.45) is 0. The van der Waals surface area contributed by atoms with E-state index >= 15 is 0 Å². The second-order valence-corrected chi connectivity index (χ2v) is 3.43. The van der Waals surface area contributed by atoms with Crippen molar-refractivity contribution in [3.8, 4) is 0 Å². The molecule has 0 radical (unpaired) electrons. The van der Waals surface area contributed by atoms with E-state index < -0.39 is 0 Å². The van der Waals surface area contributed by atoms with Gasteiger partial charge in [-0.15, -0.1) is 0 Å². The van der Waals surface area contributed by atoms with Crippen molar-refractivity contribution in [2.24, 2.45) is 0 Å². The summed E-state index contributed by atoms with van der Waals surface area (Å²) in [7, 11) is 0. The van der Waals surface area contributed by atoms with Gasteiger partial charge >= 0.3 is 0 Å². The largest absolute Gasteiger partial charge is 0.315 e. The number of rotatable bonds is 0. The molecule has 1 saturated heterocycles. The standard InChI is InChI=1S/C5H11NS/c1-5-4-6-2-3-7-5/h5-6H,2-4H2,1H3.